The number of benzene rings is 3. The molecule has 1 amide bonds. The molecular formula is C26H23F4NO5. The van der Waals surface area contributed by atoms with Gasteiger partial charge in [-0.25, -0.2) is 9.18 Å². The summed E-state index contributed by atoms with van der Waals surface area (Å²) >= 11 is 0. The number of carbonyl (C=O) groups is 1. The van der Waals surface area contributed by atoms with Crippen LogP contribution in [0.5, 0.6) is 5.75 Å². The number of aliphatic hydroxyl groups excluding tert-OH is 2. The molecule has 0 radical (unpaired) electrons. The van der Waals surface area contributed by atoms with Gasteiger partial charge in [0.1, 0.15) is 12.7 Å². The fourth-order valence-corrected chi connectivity index (χ4v) is 4.26. The van der Waals surface area contributed by atoms with Crippen LogP contribution in [0, 0.1) is 5.82 Å². The van der Waals surface area contributed by atoms with Crippen LogP contribution in [0.1, 0.15) is 35.1 Å². The Bertz CT molecular complexity index is 1190. The summed E-state index contributed by atoms with van der Waals surface area (Å²) in [6, 6.07) is 18.1. The van der Waals surface area contributed by atoms with E-state index in [0.29, 0.717) is 12.1 Å². The van der Waals surface area contributed by atoms with E-state index in [1.54, 1.807) is 0 Å². The summed E-state index contributed by atoms with van der Waals surface area (Å²) in [4.78, 5) is 12.2. The Labute approximate surface area is 204 Å². The number of alkyl carbamates (subject to hydrolysis) is 1. The SMILES string of the molecule is O=C(NCCC(O)C(O)c1ccc(OC(F)(F)F)c(F)c1)OCC1c2ccccc2-c2ccccc21. The van der Waals surface area contributed by atoms with Crippen molar-refractivity contribution >= 4 is 6.09 Å². The average molecular weight is 505 g/mol. The molecule has 0 saturated carbocycles. The largest absolute Gasteiger partial charge is 0.573 e. The number of ether oxygens (including phenoxy) is 2. The molecule has 3 aromatic carbocycles. The van der Waals surface area contributed by atoms with E-state index < -0.39 is 36.2 Å². The van der Waals surface area contributed by atoms with Crippen molar-refractivity contribution < 1.29 is 42.0 Å². The smallest absolute Gasteiger partial charge is 0.449 e. The van der Waals surface area contributed by atoms with Gasteiger partial charge in [-0.3, -0.25) is 0 Å². The van der Waals surface area contributed by atoms with Crippen LogP contribution in [0.2, 0.25) is 0 Å². The van der Waals surface area contributed by atoms with E-state index in [-0.39, 0.29) is 31.1 Å². The molecule has 36 heavy (non-hydrogen) atoms. The molecule has 10 heteroatoms. The second kappa shape index (κ2) is 10.5. The van der Waals surface area contributed by atoms with Crippen molar-refractivity contribution in [3.05, 3.63) is 89.2 Å². The highest BCUT2D eigenvalue weighted by Gasteiger charge is 2.33. The lowest BCUT2D eigenvalue weighted by Crippen LogP contribution is -2.30. The third-order valence-electron chi connectivity index (χ3n) is 5.94. The van der Waals surface area contributed by atoms with Crippen LogP contribution < -0.4 is 10.1 Å². The van der Waals surface area contributed by atoms with Crippen molar-refractivity contribution in [2.45, 2.75) is 30.9 Å². The number of rotatable bonds is 8. The van der Waals surface area contributed by atoms with E-state index in [9.17, 15) is 32.6 Å². The van der Waals surface area contributed by atoms with Crippen LogP contribution in [0.25, 0.3) is 11.1 Å². The molecular weight excluding hydrogens is 482 g/mol. The third kappa shape index (κ3) is 5.77. The summed E-state index contributed by atoms with van der Waals surface area (Å²) < 4.78 is 59.6. The highest BCUT2D eigenvalue weighted by atomic mass is 19.4. The van der Waals surface area contributed by atoms with Gasteiger partial charge in [0, 0.05) is 12.5 Å². The van der Waals surface area contributed by atoms with Gasteiger partial charge in [0.15, 0.2) is 11.6 Å². The molecule has 0 aromatic heterocycles. The van der Waals surface area contributed by atoms with Gasteiger partial charge in [0.2, 0.25) is 0 Å². The first-order chi connectivity index (χ1) is 17.1. The molecule has 3 N–H and O–H groups in total. The first-order valence-electron chi connectivity index (χ1n) is 11.1. The van der Waals surface area contributed by atoms with Crippen LogP contribution in [-0.4, -0.2) is 41.9 Å². The molecule has 0 aliphatic heterocycles. The molecule has 2 unspecified atom stereocenters. The zero-order valence-corrected chi connectivity index (χ0v) is 18.8. The predicted octanol–water partition coefficient (Wildman–Crippen LogP) is 5.05. The monoisotopic (exact) mass is 505 g/mol. The molecule has 6 nitrogen and oxygen atoms in total. The Hall–Kier alpha value is -3.63. The van der Waals surface area contributed by atoms with Gasteiger partial charge < -0.3 is 25.0 Å². The van der Waals surface area contributed by atoms with E-state index in [4.69, 9.17) is 4.74 Å². The van der Waals surface area contributed by atoms with Crippen molar-refractivity contribution in [2.24, 2.45) is 0 Å². The van der Waals surface area contributed by atoms with Gasteiger partial charge in [-0.2, -0.15) is 0 Å². The summed E-state index contributed by atoms with van der Waals surface area (Å²) in [5.74, 6) is -2.51. The second-order valence-electron chi connectivity index (χ2n) is 8.29. The Morgan fingerprint density at radius 2 is 1.58 bits per heavy atom. The maximum absolute atomic E-state index is 13.9. The molecule has 190 valence electrons. The first-order valence-corrected chi connectivity index (χ1v) is 11.1. The summed E-state index contributed by atoms with van der Waals surface area (Å²) in [5, 5.41) is 22.9. The number of fused-ring (bicyclic) bond motifs is 3. The fraction of sp³-hybridized carbons (Fsp3) is 0.269. The molecule has 1 aliphatic carbocycles. The Morgan fingerprint density at radius 1 is 0.972 bits per heavy atom. The molecule has 0 heterocycles. The van der Waals surface area contributed by atoms with Gasteiger partial charge in [-0.1, -0.05) is 54.6 Å². The topological polar surface area (TPSA) is 88.0 Å². The number of carbonyl (C=O) groups excluding carboxylic acids is 1. The lowest BCUT2D eigenvalue weighted by Gasteiger charge is -2.19. The van der Waals surface area contributed by atoms with Gasteiger partial charge >= 0.3 is 12.5 Å². The summed E-state index contributed by atoms with van der Waals surface area (Å²) in [5.41, 5.74) is 4.16. The first kappa shape index (κ1) is 25.5. The number of halogens is 4. The zero-order valence-electron chi connectivity index (χ0n) is 18.8. The van der Waals surface area contributed by atoms with Crippen molar-refractivity contribution in [3.8, 4) is 16.9 Å². The van der Waals surface area contributed by atoms with Crippen molar-refractivity contribution in [3.63, 3.8) is 0 Å². The van der Waals surface area contributed by atoms with Crippen LogP contribution in [0.15, 0.2) is 66.7 Å². The van der Waals surface area contributed by atoms with Crippen LogP contribution in [-0.2, 0) is 4.74 Å². The molecule has 0 bridgehead atoms. The average Bonchev–Trinajstić information content (AvgIpc) is 3.16. The van der Waals surface area contributed by atoms with E-state index in [1.165, 1.54) is 0 Å². The molecule has 0 saturated heterocycles. The van der Waals surface area contributed by atoms with Crippen molar-refractivity contribution in [1.29, 1.82) is 0 Å². The lowest BCUT2D eigenvalue weighted by molar-refractivity contribution is -0.275. The van der Waals surface area contributed by atoms with Gasteiger partial charge in [-0.05, 0) is 46.4 Å². The van der Waals surface area contributed by atoms with Crippen LogP contribution in [0.4, 0.5) is 22.4 Å². The Morgan fingerprint density at radius 3 is 2.17 bits per heavy atom. The number of hydrogen-bond acceptors (Lipinski definition) is 5. The quantitative estimate of drug-likeness (QED) is 0.373. The van der Waals surface area contributed by atoms with E-state index in [0.717, 1.165) is 28.3 Å². The number of alkyl halides is 3. The number of amides is 1. The van der Waals surface area contributed by atoms with Gasteiger partial charge in [-0.15, -0.1) is 13.2 Å². The Balaban J connectivity index is 1.27. The maximum atomic E-state index is 13.9. The molecule has 4 rings (SSSR count). The molecule has 0 spiro atoms. The third-order valence-corrected chi connectivity index (χ3v) is 5.94. The highest BCUT2D eigenvalue weighted by Crippen LogP contribution is 2.44. The number of nitrogens with one attached hydrogen (secondary N) is 1. The van der Waals surface area contributed by atoms with E-state index in [1.807, 2.05) is 48.5 Å². The molecule has 1 aliphatic rings. The zero-order chi connectivity index (χ0) is 25.9. The van der Waals surface area contributed by atoms with Crippen LogP contribution in [0.3, 0.4) is 0 Å². The Kier molecular flexibility index (Phi) is 7.46. The summed E-state index contributed by atoms with van der Waals surface area (Å²) in [6.07, 6.45) is -8.91. The normalized spacial score (nSPS) is 14.5. The van der Waals surface area contributed by atoms with Gasteiger partial charge in [0.25, 0.3) is 0 Å². The fourth-order valence-electron chi connectivity index (χ4n) is 4.26. The van der Waals surface area contributed by atoms with E-state index in [2.05, 4.69) is 10.1 Å². The number of hydrogen-bond donors (Lipinski definition) is 3. The molecule has 2 atom stereocenters. The minimum Gasteiger partial charge on any atom is -0.449 e. The number of aliphatic hydroxyl groups is 2. The van der Waals surface area contributed by atoms with Gasteiger partial charge in [0.05, 0.1) is 6.10 Å². The van der Waals surface area contributed by atoms with Crippen molar-refractivity contribution in [2.75, 3.05) is 13.2 Å². The lowest BCUT2D eigenvalue weighted by atomic mass is 9.98. The van der Waals surface area contributed by atoms with Crippen molar-refractivity contribution in [1.82, 2.24) is 5.32 Å². The summed E-state index contributed by atoms with van der Waals surface area (Å²) in [6.45, 7) is 0.0450. The second-order valence-corrected chi connectivity index (χ2v) is 8.29. The maximum Gasteiger partial charge on any atom is 0.573 e. The minimum atomic E-state index is -5.06. The highest BCUT2D eigenvalue weighted by molar-refractivity contribution is 5.79. The molecule has 3 aromatic rings. The minimum absolute atomic E-state index is 0.0628. The predicted molar refractivity (Wildman–Crippen MR) is 122 cm³/mol. The van der Waals surface area contributed by atoms with Crippen LogP contribution >= 0.6 is 0 Å². The van der Waals surface area contributed by atoms with E-state index >= 15 is 0 Å². The summed E-state index contributed by atoms with van der Waals surface area (Å²) in [7, 11) is 0. The standard InChI is InChI=1S/C26H23F4NO5/c27-21-13-15(9-10-23(21)36-26(28,29)30)24(33)22(32)11-12-31-25(34)35-14-20-18-7-3-1-5-16(18)17-6-2-4-8-19(17)20/h1-10,13,20,22,24,32-33H,11-12,14H2,(H,31,34). The molecule has 0 fully saturated rings.